The molecule has 2 N–H and O–H groups in total. The SMILES string of the molecule is CCCC(CC)C(C)C(Oc1cccc2c3[nH]c(c12)/N=C1N=C(/N=c2/c4cccc(OC(C)C(C)C)c4/c(n2C)=N/C2N/C(=N\3)c3c(OC(C(C)C)C(C)C)cccc32)c2c(OC(C(C)C)C(C)C)cccc2\1)C(C)C. The van der Waals surface area contributed by atoms with Crippen LogP contribution >= 0.6 is 0 Å². The molecular formula is C64H84N8O4. The van der Waals surface area contributed by atoms with Crippen molar-refractivity contribution in [3.8, 4) is 23.0 Å². The van der Waals surface area contributed by atoms with Crippen molar-refractivity contribution >= 4 is 50.7 Å². The van der Waals surface area contributed by atoms with E-state index in [1.54, 1.807) is 0 Å². The van der Waals surface area contributed by atoms with Crippen LogP contribution in [0.1, 0.15) is 158 Å². The second kappa shape index (κ2) is 22.3. The van der Waals surface area contributed by atoms with Gasteiger partial charge >= 0.3 is 0 Å². The maximum atomic E-state index is 7.35. The molecule has 0 saturated carbocycles. The van der Waals surface area contributed by atoms with Crippen LogP contribution in [0.5, 0.6) is 23.0 Å². The van der Waals surface area contributed by atoms with Crippen molar-refractivity contribution < 1.29 is 18.9 Å². The Morgan fingerprint density at radius 2 is 1.09 bits per heavy atom. The predicted molar refractivity (Wildman–Crippen MR) is 311 cm³/mol. The van der Waals surface area contributed by atoms with Gasteiger partial charge in [-0.1, -0.05) is 172 Å². The zero-order chi connectivity index (χ0) is 54.4. The van der Waals surface area contributed by atoms with Crippen molar-refractivity contribution in [2.75, 3.05) is 0 Å². The Hall–Kier alpha value is -6.43. The number of aromatic nitrogens is 2. The molecule has 0 radical (unpaired) electrons. The fraction of sp³-hybridized carbons (Fsp3) is 0.516. The number of aromatic amines is 1. The number of hydrogen-bond donors (Lipinski definition) is 2. The molecule has 12 nitrogen and oxygen atoms in total. The van der Waals surface area contributed by atoms with Crippen LogP contribution in [0, 0.1) is 47.3 Å². The molecule has 0 amide bonds. The Bertz CT molecular complexity index is 3300. The monoisotopic (exact) mass is 1030 g/mol. The first-order chi connectivity index (χ1) is 36.3. The average Bonchev–Trinajstić information content (AvgIpc) is 4.15. The van der Waals surface area contributed by atoms with Gasteiger partial charge in [-0.3, -0.25) is 0 Å². The first kappa shape index (κ1) is 54.4. The molecule has 3 aliphatic heterocycles. The van der Waals surface area contributed by atoms with Crippen molar-refractivity contribution in [2.24, 2.45) is 79.4 Å². The van der Waals surface area contributed by atoms with Gasteiger partial charge < -0.3 is 33.8 Å². The van der Waals surface area contributed by atoms with E-state index in [0.29, 0.717) is 57.7 Å². The number of hydrogen-bond acceptors (Lipinski definition) is 10. The summed E-state index contributed by atoms with van der Waals surface area (Å²) in [6.45, 7) is 35.7. The molecule has 5 heterocycles. The topological polar surface area (TPSA) is 131 Å². The van der Waals surface area contributed by atoms with Gasteiger partial charge in [-0.15, -0.1) is 0 Å². The van der Waals surface area contributed by atoms with E-state index >= 15 is 0 Å². The maximum absolute atomic E-state index is 7.35. The van der Waals surface area contributed by atoms with Crippen LogP contribution in [0.15, 0.2) is 97.8 Å². The van der Waals surface area contributed by atoms with E-state index in [-0.39, 0.29) is 59.9 Å². The number of fused-ring (bicyclic) bond motifs is 19. The minimum Gasteiger partial charge on any atom is -0.490 e. The molecular weight excluding hydrogens is 945 g/mol. The number of nitrogens with one attached hydrogen (secondary N) is 2. The number of nitrogens with zero attached hydrogens (tertiary/aromatic N) is 6. The molecule has 2 aromatic heterocycles. The molecule has 76 heavy (non-hydrogen) atoms. The van der Waals surface area contributed by atoms with Crippen molar-refractivity contribution in [3.63, 3.8) is 0 Å². The molecule has 0 spiro atoms. The predicted octanol–water partition coefficient (Wildman–Crippen LogP) is 14.5. The van der Waals surface area contributed by atoms with E-state index in [2.05, 4.69) is 174 Å². The molecule has 8 bridgehead atoms. The smallest absolute Gasteiger partial charge is 0.168 e. The lowest BCUT2D eigenvalue weighted by molar-refractivity contribution is 0.0632. The molecule has 0 saturated heterocycles. The number of H-pyrrole nitrogens is 1. The van der Waals surface area contributed by atoms with Gasteiger partial charge in [0.2, 0.25) is 0 Å². The summed E-state index contributed by atoms with van der Waals surface area (Å²) in [5, 5.41) is 7.28. The molecule has 0 fully saturated rings. The molecule has 12 heteroatoms. The van der Waals surface area contributed by atoms with E-state index in [1.165, 1.54) is 0 Å². The molecule has 4 aromatic carbocycles. The Morgan fingerprint density at radius 1 is 0.526 bits per heavy atom. The highest BCUT2D eigenvalue weighted by atomic mass is 16.5. The summed E-state index contributed by atoms with van der Waals surface area (Å²) in [5.74, 6) is 8.18. The largest absolute Gasteiger partial charge is 0.490 e. The van der Waals surface area contributed by atoms with Crippen molar-refractivity contribution in [1.82, 2.24) is 14.9 Å². The van der Waals surface area contributed by atoms with Gasteiger partial charge in [0.15, 0.2) is 11.7 Å². The van der Waals surface area contributed by atoms with E-state index in [1.807, 2.05) is 31.3 Å². The molecule has 6 aromatic rings. The minimum atomic E-state index is -0.567. The maximum Gasteiger partial charge on any atom is 0.168 e. The van der Waals surface area contributed by atoms with Gasteiger partial charge in [-0.05, 0) is 78.5 Å². The van der Waals surface area contributed by atoms with Crippen molar-refractivity contribution in [2.45, 2.75) is 161 Å². The lowest BCUT2D eigenvalue weighted by Crippen LogP contribution is -2.35. The third kappa shape index (κ3) is 10.3. The van der Waals surface area contributed by atoms with Crippen molar-refractivity contribution in [3.05, 3.63) is 106 Å². The summed E-state index contributed by atoms with van der Waals surface area (Å²) in [7, 11) is 2.03. The highest BCUT2D eigenvalue weighted by Gasteiger charge is 2.36. The Morgan fingerprint density at radius 3 is 1.70 bits per heavy atom. The second-order valence-corrected chi connectivity index (χ2v) is 23.8. The van der Waals surface area contributed by atoms with E-state index in [9.17, 15) is 0 Å². The highest BCUT2D eigenvalue weighted by Crippen LogP contribution is 2.45. The summed E-state index contributed by atoms with van der Waals surface area (Å²) >= 11 is 0. The van der Waals surface area contributed by atoms with E-state index < -0.39 is 6.17 Å². The highest BCUT2D eigenvalue weighted by molar-refractivity contribution is 6.25. The molecule has 0 aliphatic carbocycles. The van der Waals surface area contributed by atoms with Crippen LogP contribution in [-0.4, -0.2) is 51.5 Å². The normalized spacial score (nSPS) is 19.0. The summed E-state index contributed by atoms with van der Waals surface area (Å²) in [6, 6.07) is 24.9. The molecule has 3 aliphatic rings. The fourth-order valence-electron chi connectivity index (χ4n) is 11.9. The van der Waals surface area contributed by atoms with Gasteiger partial charge in [-0.25, -0.2) is 25.0 Å². The quantitative estimate of drug-likeness (QED) is 0.0834. The lowest BCUT2D eigenvalue weighted by atomic mass is 9.80. The second-order valence-electron chi connectivity index (χ2n) is 23.8. The molecule has 5 unspecified atom stereocenters. The van der Waals surface area contributed by atoms with Crippen LogP contribution in [0.2, 0.25) is 0 Å². The third-order valence-electron chi connectivity index (χ3n) is 16.1. The zero-order valence-corrected chi connectivity index (χ0v) is 48.4. The van der Waals surface area contributed by atoms with Crippen LogP contribution in [0.3, 0.4) is 0 Å². The number of amidine groups is 3. The van der Waals surface area contributed by atoms with Gasteiger partial charge in [0, 0.05) is 28.9 Å². The standard InChI is InChI=1S/C64H84N8O4/c1-18-24-41(19-2)39(15)56(38(13)14)76-48-31-21-25-42-50(48)60-65-57(42)66-61-51-44(27-22-29-46(51)74-54(34(5)6)35(7)8)59(69-61)70-64-53-45(28-23-32-49(53)73-40(16)33(3)4)63(72(64)17)71-62-52-43(58(67-60)68-62)26-20-30-47(52)75-55(36(9)10)37(11)12/h20-23,25-41,54-56,59,65H,18-19,24H2,1-17H3,(H,66,69)/b67-58-,70-64-,71-63-. The lowest BCUT2D eigenvalue weighted by Gasteiger charge is -2.33. The summed E-state index contributed by atoms with van der Waals surface area (Å²) in [4.78, 5) is 31.6. The van der Waals surface area contributed by atoms with Gasteiger partial charge in [-0.2, -0.15) is 0 Å². The summed E-state index contributed by atoms with van der Waals surface area (Å²) in [6.07, 6.45) is 2.58. The summed E-state index contributed by atoms with van der Waals surface area (Å²) in [5.41, 5.74) is 4.81. The van der Waals surface area contributed by atoms with E-state index in [4.69, 9.17) is 43.9 Å². The first-order valence-electron chi connectivity index (χ1n) is 28.5. The zero-order valence-electron chi connectivity index (χ0n) is 48.4. The van der Waals surface area contributed by atoms with Gasteiger partial charge in [0.1, 0.15) is 75.9 Å². The number of aliphatic imine (C=N–C) groups is 3. The van der Waals surface area contributed by atoms with Crippen LogP contribution in [0.25, 0.3) is 21.5 Å². The van der Waals surface area contributed by atoms with E-state index in [0.717, 1.165) is 80.3 Å². The number of rotatable bonds is 19. The summed E-state index contributed by atoms with van der Waals surface area (Å²) < 4.78 is 30.4. The van der Waals surface area contributed by atoms with Crippen molar-refractivity contribution in [1.29, 1.82) is 0 Å². The Kier molecular flexibility index (Phi) is 15.9. The third-order valence-corrected chi connectivity index (χ3v) is 16.1. The molecule has 404 valence electrons. The van der Waals surface area contributed by atoms with Crippen LogP contribution in [-0.2, 0) is 7.05 Å². The average molecular weight is 1030 g/mol. The first-order valence-corrected chi connectivity index (χ1v) is 28.5. The molecule has 5 atom stereocenters. The molecule has 9 rings (SSSR count). The number of benzene rings is 4. The van der Waals surface area contributed by atoms with Gasteiger partial charge in [0.25, 0.3) is 0 Å². The fourth-order valence-corrected chi connectivity index (χ4v) is 11.9. The van der Waals surface area contributed by atoms with Gasteiger partial charge in [0.05, 0.1) is 28.0 Å². The number of ether oxygens (including phenoxy) is 4. The van der Waals surface area contributed by atoms with Crippen LogP contribution in [0.4, 0.5) is 11.6 Å². The minimum absolute atomic E-state index is 0.0459. The Balaban J connectivity index is 1.39. The Labute approximate surface area is 451 Å². The van der Waals surface area contributed by atoms with Crippen LogP contribution < -0.4 is 35.2 Å².